The summed E-state index contributed by atoms with van der Waals surface area (Å²) >= 11 is 0. The maximum Gasteiger partial charge on any atom is 0.401 e. The Balaban J connectivity index is 1.64. The number of rotatable bonds is 5. The molecule has 1 aliphatic heterocycles. The topological polar surface area (TPSA) is 21.3 Å². The van der Waals surface area contributed by atoms with Crippen molar-refractivity contribution in [2.75, 3.05) is 13.2 Å². The van der Waals surface area contributed by atoms with Crippen LogP contribution in [0.4, 0.5) is 13.2 Å². The van der Waals surface area contributed by atoms with E-state index in [1.54, 1.807) is 0 Å². The van der Waals surface area contributed by atoms with Crippen molar-refractivity contribution in [2.24, 2.45) is 5.92 Å². The number of ether oxygens (including phenoxy) is 1. The third-order valence-corrected chi connectivity index (χ3v) is 3.97. The van der Waals surface area contributed by atoms with Crippen LogP contribution in [-0.2, 0) is 12.8 Å². The van der Waals surface area contributed by atoms with E-state index in [9.17, 15) is 13.2 Å². The van der Waals surface area contributed by atoms with Gasteiger partial charge in [-0.1, -0.05) is 12.1 Å². The Morgan fingerprint density at radius 3 is 2.80 bits per heavy atom. The first-order chi connectivity index (χ1) is 9.51. The first-order valence-electron chi connectivity index (χ1n) is 7.06. The van der Waals surface area contributed by atoms with Crippen molar-refractivity contribution in [3.8, 4) is 5.75 Å². The second-order valence-corrected chi connectivity index (χ2v) is 5.68. The summed E-state index contributed by atoms with van der Waals surface area (Å²) < 4.78 is 42.5. The van der Waals surface area contributed by atoms with Gasteiger partial charge < -0.3 is 10.1 Å². The molecule has 0 amide bonds. The van der Waals surface area contributed by atoms with E-state index in [-0.39, 0.29) is 6.04 Å². The molecule has 0 radical (unpaired) electrons. The predicted octanol–water partition coefficient (Wildman–Crippen LogP) is 3.09. The monoisotopic (exact) mass is 285 g/mol. The van der Waals surface area contributed by atoms with Crippen LogP contribution in [0.15, 0.2) is 18.2 Å². The molecule has 1 unspecified atom stereocenters. The number of fused-ring (bicyclic) bond motifs is 1. The van der Waals surface area contributed by atoms with Gasteiger partial charge in [0.05, 0.1) is 13.2 Å². The molecule has 0 aromatic heterocycles. The third kappa shape index (κ3) is 3.45. The van der Waals surface area contributed by atoms with Gasteiger partial charge in [-0.05, 0) is 42.4 Å². The fourth-order valence-corrected chi connectivity index (χ4v) is 2.74. The van der Waals surface area contributed by atoms with Crippen LogP contribution in [0, 0.1) is 5.92 Å². The third-order valence-electron chi connectivity index (χ3n) is 3.97. The zero-order valence-corrected chi connectivity index (χ0v) is 11.2. The average Bonchev–Trinajstić information content (AvgIpc) is 3.11. The Hall–Kier alpha value is -1.23. The van der Waals surface area contributed by atoms with Gasteiger partial charge in [-0.15, -0.1) is 0 Å². The molecule has 3 rings (SSSR count). The van der Waals surface area contributed by atoms with E-state index in [2.05, 4.69) is 5.32 Å². The highest BCUT2D eigenvalue weighted by atomic mass is 19.4. The summed E-state index contributed by atoms with van der Waals surface area (Å²) in [5, 5.41) is 2.67. The zero-order chi connectivity index (χ0) is 14.2. The molecule has 2 nitrogen and oxygen atoms in total. The number of nitrogens with one attached hydrogen (secondary N) is 1. The molecule has 1 heterocycles. The highest BCUT2D eigenvalue weighted by molar-refractivity contribution is 5.40. The lowest BCUT2D eigenvalue weighted by Gasteiger charge is -2.20. The van der Waals surface area contributed by atoms with E-state index in [0.29, 0.717) is 18.9 Å². The Labute approximate surface area is 116 Å². The summed E-state index contributed by atoms with van der Waals surface area (Å²) in [4.78, 5) is 0. The van der Waals surface area contributed by atoms with Gasteiger partial charge in [0.1, 0.15) is 5.75 Å². The molecule has 5 heteroatoms. The van der Waals surface area contributed by atoms with Gasteiger partial charge in [-0.3, -0.25) is 0 Å². The van der Waals surface area contributed by atoms with Gasteiger partial charge in [-0.25, -0.2) is 0 Å². The van der Waals surface area contributed by atoms with E-state index in [1.165, 1.54) is 5.56 Å². The maximum absolute atomic E-state index is 12.3. The molecule has 1 N–H and O–H groups in total. The van der Waals surface area contributed by atoms with Gasteiger partial charge in [0, 0.05) is 12.5 Å². The lowest BCUT2D eigenvalue weighted by Crippen LogP contribution is -2.39. The van der Waals surface area contributed by atoms with E-state index >= 15 is 0 Å². The van der Waals surface area contributed by atoms with Crippen molar-refractivity contribution in [2.45, 2.75) is 37.9 Å². The van der Waals surface area contributed by atoms with Crippen molar-refractivity contribution >= 4 is 0 Å². The maximum atomic E-state index is 12.3. The van der Waals surface area contributed by atoms with Gasteiger partial charge in [-0.2, -0.15) is 13.2 Å². The molecule has 110 valence electrons. The fraction of sp³-hybridized carbons (Fsp3) is 0.600. The smallest absolute Gasteiger partial charge is 0.401 e. The van der Waals surface area contributed by atoms with Crippen LogP contribution >= 0.6 is 0 Å². The Bertz CT molecular complexity index is 482. The summed E-state index contributed by atoms with van der Waals surface area (Å²) in [5.74, 6) is 1.28. The highest BCUT2D eigenvalue weighted by Gasteiger charge is 2.35. The Morgan fingerprint density at radius 2 is 2.10 bits per heavy atom. The van der Waals surface area contributed by atoms with Crippen molar-refractivity contribution in [3.05, 3.63) is 29.3 Å². The first kappa shape index (κ1) is 13.7. The molecule has 1 saturated carbocycles. The lowest BCUT2D eigenvalue weighted by atomic mass is 10.00. The summed E-state index contributed by atoms with van der Waals surface area (Å²) in [6, 6.07) is 5.94. The van der Waals surface area contributed by atoms with Crippen molar-refractivity contribution < 1.29 is 17.9 Å². The van der Waals surface area contributed by atoms with E-state index in [4.69, 9.17) is 4.74 Å². The summed E-state index contributed by atoms with van der Waals surface area (Å²) in [5.41, 5.74) is 2.25. The molecule has 1 fully saturated rings. The van der Waals surface area contributed by atoms with Crippen molar-refractivity contribution in [1.82, 2.24) is 5.32 Å². The Morgan fingerprint density at radius 1 is 1.30 bits per heavy atom. The van der Waals surface area contributed by atoms with Crippen molar-refractivity contribution in [1.29, 1.82) is 0 Å². The van der Waals surface area contributed by atoms with E-state index in [1.807, 2.05) is 18.2 Å². The fourth-order valence-electron chi connectivity index (χ4n) is 2.74. The zero-order valence-electron chi connectivity index (χ0n) is 11.2. The molecule has 2 aliphatic rings. The molecular weight excluding hydrogens is 267 g/mol. The average molecular weight is 285 g/mol. The van der Waals surface area contributed by atoms with E-state index in [0.717, 1.165) is 30.6 Å². The standard InChI is InChI=1S/C15H18F3NO/c16-15(17,18)9-19-13(11-3-4-11)7-10-1-2-12-5-6-20-14(12)8-10/h1-2,8,11,13,19H,3-7,9H2. The van der Waals surface area contributed by atoms with Crippen LogP contribution in [0.1, 0.15) is 24.0 Å². The summed E-state index contributed by atoms with van der Waals surface area (Å²) in [7, 11) is 0. The molecule has 1 atom stereocenters. The Kier molecular flexibility index (Phi) is 3.63. The van der Waals surface area contributed by atoms with Gasteiger partial charge in [0.15, 0.2) is 0 Å². The molecule has 0 spiro atoms. The van der Waals surface area contributed by atoms with Gasteiger partial charge >= 0.3 is 6.18 Å². The molecule has 0 bridgehead atoms. The molecular formula is C15H18F3NO. The minimum atomic E-state index is -4.14. The quantitative estimate of drug-likeness (QED) is 0.897. The summed E-state index contributed by atoms with van der Waals surface area (Å²) in [6.07, 6.45) is -0.534. The molecule has 1 aromatic rings. The second kappa shape index (κ2) is 5.28. The van der Waals surface area contributed by atoms with Crippen LogP contribution < -0.4 is 10.1 Å². The number of benzene rings is 1. The molecule has 20 heavy (non-hydrogen) atoms. The largest absolute Gasteiger partial charge is 0.493 e. The van der Waals surface area contributed by atoms with Crippen LogP contribution in [0.3, 0.4) is 0 Å². The predicted molar refractivity (Wildman–Crippen MR) is 69.9 cm³/mol. The van der Waals surface area contributed by atoms with Crippen LogP contribution in [0.2, 0.25) is 0 Å². The number of halogens is 3. The van der Waals surface area contributed by atoms with E-state index < -0.39 is 12.7 Å². The van der Waals surface area contributed by atoms with Gasteiger partial charge in [0.2, 0.25) is 0 Å². The molecule has 1 aromatic carbocycles. The number of hydrogen-bond acceptors (Lipinski definition) is 2. The number of hydrogen-bond donors (Lipinski definition) is 1. The molecule has 1 aliphatic carbocycles. The normalized spacial score (nSPS) is 19.6. The van der Waals surface area contributed by atoms with Crippen LogP contribution in [0.25, 0.3) is 0 Å². The van der Waals surface area contributed by atoms with Crippen LogP contribution in [-0.4, -0.2) is 25.4 Å². The minimum Gasteiger partial charge on any atom is -0.493 e. The first-order valence-corrected chi connectivity index (χ1v) is 7.06. The highest BCUT2D eigenvalue weighted by Crippen LogP contribution is 2.35. The summed E-state index contributed by atoms with van der Waals surface area (Å²) in [6.45, 7) is -0.202. The van der Waals surface area contributed by atoms with Crippen LogP contribution in [0.5, 0.6) is 5.75 Å². The molecule has 0 saturated heterocycles. The number of alkyl halides is 3. The lowest BCUT2D eigenvalue weighted by molar-refractivity contribution is -0.126. The SMILES string of the molecule is FC(F)(F)CNC(Cc1ccc2c(c1)OCC2)C1CC1. The van der Waals surface area contributed by atoms with Crippen molar-refractivity contribution in [3.63, 3.8) is 0 Å². The second-order valence-electron chi connectivity index (χ2n) is 5.68. The van der Waals surface area contributed by atoms with Gasteiger partial charge in [0.25, 0.3) is 0 Å². The minimum absolute atomic E-state index is 0.0870.